The summed E-state index contributed by atoms with van der Waals surface area (Å²) in [4.78, 5) is 13.1. The highest BCUT2D eigenvalue weighted by Gasteiger charge is 2.17. The summed E-state index contributed by atoms with van der Waals surface area (Å²) in [6, 6.07) is 16.6. The molecule has 6 nitrogen and oxygen atoms in total. The van der Waals surface area contributed by atoms with Crippen LogP contribution in [-0.2, 0) is 0 Å². The second-order valence-electron chi connectivity index (χ2n) is 6.61. The lowest BCUT2D eigenvalue weighted by Crippen LogP contribution is -2.20. The van der Waals surface area contributed by atoms with Crippen LogP contribution in [0.2, 0.25) is 10.0 Å². The molecule has 3 heterocycles. The Balaban J connectivity index is 1.78. The lowest BCUT2D eigenvalue weighted by molar-refractivity contribution is 0.905. The average Bonchev–Trinajstić information content (AvgIpc) is 3.04. The van der Waals surface area contributed by atoms with Gasteiger partial charge in [-0.1, -0.05) is 53.5 Å². The maximum atomic E-state index is 13.1. The Labute approximate surface area is 175 Å². The molecule has 0 aliphatic heterocycles. The number of pyridine rings is 1. The molecule has 2 aromatic carbocycles. The normalized spacial score (nSPS) is 11.4. The first kappa shape index (κ1) is 17.8. The minimum Gasteiger partial charge on any atom is -0.282 e. The van der Waals surface area contributed by atoms with Crippen molar-refractivity contribution in [1.82, 2.24) is 24.4 Å². The fraction of sp³-hybridized carbons (Fsp3) is 0.0476. The monoisotopic (exact) mass is 421 g/mol. The van der Waals surface area contributed by atoms with Crippen LogP contribution in [0.5, 0.6) is 0 Å². The molecule has 5 rings (SSSR count). The van der Waals surface area contributed by atoms with Gasteiger partial charge < -0.3 is 0 Å². The quantitative estimate of drug-likeness (QED) is 0.413. The summed E-state index contributed by atoms with van der Waals surface area (Å²) in [7, 11) is 0. The maximum absolute atomic E-state index is 13.1. The van der Waals surface area contributed by atoms with Gasteiger partial charge in [0.05, 0.1) is 16.9 Å². The molecule has 0 amide bonds. The molecule has 0 radical (unpaired) electrons. The molecule has 3 aromatic heterocycles. The Kier molecular flexibility index (Phi) is 4.12. The number of aromatic nitrogens is 5. The van der Waals surface area contributed by atoms with Gasteiger partial charge in [0.25, 0.3) is 5.56 Å². The Morgan fingerprint density at radius 1 is 0.931 bits per heavy atom. The first-order valence-corrected chi connectivity index (χ1v) is 9.58. The molecule has 0 unspecified atom stereocenters. The third-order valence-corrected chi connectivity index (χ3v) is 5.18. The smallest absolute Gasteiger partial charge is 0.282 e. The van der Waals surface area contributed by atoms with Gasteiger partial charge >= 0.3 is 0 Å². The van der Waals surface area contributed by atoms with Crippen molar-refractivity contribution in [2.24, 2.45) is 0 Å². The zero-order valence-electron chi connectivity index (χ0n) is 15.2. The second-order valence-corrected chi connectivity index (χ2v) is 7.49. The summed E-state index contributed by atoms with van der Waals surface area (Å²) >= 11 is 12.2. The number of aryl methyl sites for hydroxylation is 1. The SMILES string of the molecule is Cc1nn2c(nnc3c(=O)n(-c4cc(Cl)cc(Cl)c4)ccc32)c1-c1ccccc1. The van der Waals surface area contributed by atoms with Crippen molar-refractivity contribution in [3.8, 4) is 16.8 Å². The Bertz CT molecular complexity index is 1440. The number of fused-ring (bicyclic) bond motifs is 3. The number of hydrogen-bond donors (Lipinski definition) is 0. The molecule has 5 aromatic rings. The summed E-state index contributed by atoms with van der Waals surface area (Å²) in [6.07, 6.45) is 1.66. The number of halogens is 2. The van der Waals surface area contributed by atoms with Crippen LogP contribution in [0.4, 0.5) is 0 Å². The van der Waals surface area contributed by atoms with Crippen LogP contribution in [-0.4, -0.2) is 24.4 Å². The molecular weight excluding hydrogens is 409 g/mol. The molecule has 0 atom stereocenters. The van der Waals surface area contributed by atoms with Crippen LogP contribution in [0.15, 0.2) is 65.6 Å². The largest absolute Gasteiger partial charge is 0.285 e. The van der Waals surface area contributed by atoms with E-state index in [2.05, 4.69) is 15.3 Å². The van der Waals surface area contributed by atoms with Crippen LogP contribution in [0, 0.1) is 6.92 Å². The molecule has 0 aliphatic carbocycles. The number of rotatable bonds is 2. The van der Waals surface area contributed by atoms with Gasteiger partial charge in [-0.05, 0) is 36.8 Å². The van der Waals surface area contributed by atoms with E-state index in [1.807, 2.05) is 37.3 Å². The zero-order chi connectivity index (χ0) is 20.1. The highest BCUT2D eigenvalue weighted by Crippen LogP contribution is 2.28. The predicted octanol–water partition coefficient (Wildman–Crippen LogP) is 4.71. The van der Waals surface area contributed by atoms with Crippen LogP contribution in [0.1, 0.15) is 5.69 Å². The summed E-state index contributed by atoms with van der Waals surface area (Å²) in [6.45, 7) is 1.91. The minimum atomic E-state index is -0.329. The maximum Gasteiger partial charge on any atom is 0.285 e. The second kappa shape index (κ2) is 6.69. The van der Waals surface area contributed by atoms with Gasteiger partial charge in [-0.3, -0.25) is 9.36 Å². The Morgan fingerprint density at radius 2 is 1.66 bits per heavy atom. The van der Waals surface area contributed by atoms with E-state index in [-0.39, 0.29) is 11.1 Å². The highest BCUT2D eigenvalue weighted by molar-refractivity contribution is 6.34. The summed E-state index contributed by atoms with van der Waals surface area (Å²) < 4.78 is 3.10. The lowest BCUT2D eigenvalue weighted by Gasteiger charge is -2.08. The summed E-state index contributed by atoms with van der Waals surface area (Å²) in [5.41, 5.74) is 4.31. The molecule has 0 spiro atoms. The summed E-state index contributed by atoms with van der Waals surface area (Å²) in [5.74, 6) is 0. The predicted molar refractivity (Wildman–Crippen MR) is 114 cm³/mol. The van der Waals surface area contributed by atoms with E-state index in [9.17, 15) is 4.79 Å². The van der Waals surface area contributed by atoms with Crippen molar-refractivity contribution in [1.29, 1.82) is 0 Å². The summed E-state index contributed by atoms with van der Waals surface area (Å²) in [5, 5.41) is 14.0. The fourth-order valence-corrected chi connectivity index (χ4v) is 3.99. The van der Waals surface area contributed by atoms with E-state index in [0.29, 0.717) is 26.9 Å². The number of benzene rings is 2. The topological polar surface area (TPSA) is 65.1 Å². The number of nitrogens with zero attached hydrogens (tertiary/aromatic N) is 5. The van der Waals surface area contributed by atoms with E-state index in [1.54, 1.807) is 35.0 Å². The standard InChI is InChI=1S/C21H13Cl2N5O/c1-12-18(13-5-3-2-4-6-13)20-25-24-19-17(28(20)26-12)7-8-27(21(19)29)16-10-14(22)9-15(23)11-16/h2-11H,1H3. The van der Waals surface area contributed by atoms with E-state index in [1.165, 1.54) is 4.57 Å². The molecule has 0 saturated heterocycles. The third-order valence-electron chi connectivity index (χ3n) is 4.74. The molecule has 29 heavy (non-hydrogen) atoms. The Morgan fingerprint density at radius 3 is 2.38 bits per heavy atom. The third kappa shape index (κ3) is 2.88. The van der Waals surface area contributed by atoms with E-state index in [0.717, 1.165) is 16.8 Å². The average molecular weight is 422 g/mol. The number of hydrogen-bond acceptors (Lipinski definition) is 4. The molecule has 0 N–H and O–H groups in total. The van der Waals surface area contributed by atoms with E-state index >= 15 is 0 Å². The van der Waals surface area contributed by atoms with Crippen molar-refractivity contribution in [3.05, 3.63) is 86.9 Å². The highest BCUT2D eigenvalue weighted by atomic mass is 35.5. The van der Waals surface area contributed by atoms with Crippen molar-refractivity contribution in [3.63, 3.8) is 0 Å². The molecule has 0 aliphatic rings. The van der Waals surface area contributed by atoms with Crippen LogP contribution in [0.3, 0.4) is 0 Å². The van der Waals surface area contributed by atoms with Gasteiger partial charge in [0.15, 0.2) is 11.2 Å². The van der Waals surface area contributed by atoms with Crippen LogP contribution < -0.4 is 5.56 Å². The Hall–Kier alpha value is -3.22. The van der Waals surface area contributed by atoms with Gasteiger partial charge in [-0.2, -0.15) is 5.10 Å². The van der Waals surface area contributed by atoms with Gasteiger partial charge in [0.1, 0.15) is 5.52 Å². The van der Waals surface area contributed by atoms with Gasteiger partial charge in [0, 0.05) is 16.2 Å². The van der Waals surface area contributed by atoms with Gasteiger partial charge in [-0.15, -0.1) is 10.2 Å². The molecule has 142 valence electrons. The van der Waals surface area contributed by atoms with Crippen molar-refractivity contribution >= 4 is 39.9 Å². The molecule has 0 bridgehead atoms. The van der Waals surface area contributed by atoms with Gasteiger partial charge in [0.2, 0.25) is 0 Å². The van der Waals surface area contributed by atoms with Crippen LogP contribution in [0.25, 0.3) is 33.5 Å². The van der Waals surface area contributed by atoms with Crippen molar-refractivity contribution in [2.75, 3.05) is 0 Å². The molecule has 8 heteroatoms. The molecular formula is C21H13Cl2N5O. The first-order valence-electron chi connectivity index (χ1n) is 8.82. The molecule has 0 saturated carbocycles. The fourth-order valence-electron chi connectivity index (χ4n) is 3.48. The first-order chi connectivity index (χ1) is 14.0. The van der Waals surface area contributed by atoms with Gasteiger partial charge in [-0.25, -0.2) is 4.52 Å². The molecule has 0 fully saturated rings. The van der Waals surface area contributed by atoms with Crippen LogP contribution >= 0.6 is 23.2 Å². The van der Waals surface area contributed by atoms with E-state index < -0.39 is 0 Å². The minimum absolute atomic E-state index is 0.207. The zero-order valence-corrected chi connectivity index (χ0v) is 16.7. The van der Waals surface area contributed by atoms with Crippen molar-refractivity contribution < 1.29 is 0 Å². The van der Waals surface area contributed by atoms with Crippen molar-refractivity contribution in [2.45, 2.75) is 6.92 Å². The lowest BCUT2D eigenvalue weighted by atomic mass is 10.1. The van der Waals surface area contributed by atoms with E-state index in [4.69, 9.17) is 23.2 Å².